The van der Waals surface area contributed by atoms with Crippen LogP contribution in [0.2, 0.25) is 0 Å². The summed E-state index contributed by atoms with van der Waals surface area (Å²) in [6.07, 6.45) is -4.88. The van der Waals surface area contributed by atoms with E-state index in [0.717, 1.165) is 0 Å². The first-order valence-electron chi connectivity index (χ1n) is 2.24. The normalized spacial score (nSPS) is 14.4. The molecule has 11 heavy (non-hydrogen) atoms. The molecule has 0 fully saturated rings. The summed E-state index contributed by atoms with van der Waals surface area (Å²) in [7, 11) is 0. The summed E-state index contributed by atoms with van der Waals surface area (Å²) in [5.41, 5.74) is 0. The predicted molar refractivity (Wildman–Crippen MR) is 22.0 cm³/mol. The molecule has 0 aliphatic carbocycles. The Morgan fingerprint density at radius 3 is 1.27 bits per heavy atom. The van der Waals surface area contributed by atoms with E-state index in [9.17, 15) is 19.8 Å². The number of carboxylic acid groups (broad SMARTS) is 2. The Balaban J connectivity index is 0. The Morgan fingerprint density at radius 1 is 1.00 bits per heavy atom. The smallest absolute Gasteiger partial charge is 0.547 e. The molecule has 0 saturated carbocycles. The van der Waals surface area contributed by atoms with Gasteiger partial charge in [-0.2, -0.15) is 0 Å². The van der Waals surface area contributed by atoms with Crippen molar-refractivity contribution in [2.75, 3.05) is 0 Å². The summed E-state index contributed by atoms with van der Waals surface area (Å²) >= 11 is 0. The van der Waals surface area contributed by atoms with Gasteiger partial charge < -0.3 is 30.0 Å². The van der Waals surface area contributed by atoms with Crippen LogP contribution in [0.25, 0.3) is 0 Å². The fraction of sp³-hybridized carbons (Fsp3) is 0.500. The molecule has 0 aromatic rings. The van der Waals surface area contributed by atoms with E-state index in [1.807, 2.05) is 0 Å². The summed E-state index contributed by atoms with van der Waals surface area (Å²) < 4.78 is 0. The molecule has 0 bridgehead atoms. The van der Waals surface area contributed by atoms with Gasteiger partial charge in [0.15, 0.2) is 0 Å². The van der Waals surface area contributed by atoms with Crippen molar-refractivity contribution in [3.8, 4) is 0 Å². The maximum atomic E-state index is 9.63. The zero-order chi connectivity index (χ0) is 8.31. The van der Waals surface area contributed by atoms with Gasteiger partial charge in [0.1, 0.15) is 12.2 Å². The van der Waals surface area contributed by atoms with Crippen LogP contribution in [0.15, 0.2) is 0 Å². The molecule has 0 aromatic heterocycles. The van der Waals surface area contributed by atoms with Crippen LogP contribution in [0.3, 0.4) is 0 Å². The number of hydrogen-bond donors (Lipinski definition) is 2. The molecule has 0 aliphatic heterocycles. The van der Waals surface area contributed by atoms with Crippen molar-refractivity contribution in [2.24, 2.45) is 0 Å². The average Bonchev–Trinajstić information content (AvgIpc) is 1.84. The topological polar surface area (TPSA) is 121 Å². The van der Waals surface area contributed by atoms with Gasteiger partial charge in [-0.25, -0.2) is 0 Å². The SMILES string of the molecule is O=C([O-])C(O)C(O)C(=O)[O-].[Zn+2]. The van der Waals surface area contributed by atoms with Crippen LogP contribution in [0, 0.1) is 0 Å². The molecular weight excluding hydrogens is 209 g/mol. The first-order valence-corrected chi connectivity index (χ1v) is 2.24. The average molecular weight is 213 g/mol. The van der Waals surface area contributed by atoms with Crippen LogP contribution in [-0.2, 0) is 29.1 Å². The van der Waals surface area contributed by atoms with Gasteiger partial charge in [-0.1, -0.05) is 0 Å². The number of aliphatic hydroxyl groups is 2. The quantitative estimate of drug-likeness (QED) is 0.454. The van der Waals surface area contributed by atoms with E-state index in [1.54, 1.807) is 0 Å². The first-order chi connectivity index (χ1) is 4.46. The second-order valence-corrected chi connectivity index (χ2v) is 1.53. The third-order valence-corrected chi connectivity index (χ3v) is 0.782. The molecule has 6 nitrogen and oxygen atoms in total. The minimum atomic E-state index is -2.44. The Morgan fingerprint density at radius 2 is 1.18 bits per heavy atom. The van der Waals surface area contributed by atoms with E-state index in [1.165, 1.54) is 0 Å². The van der Waals surface area contributed by atoms with E-state index in [-0.39, 0.29) is 19.5 Å². The Labute approximate surface area is 74.2 Å². The maximum Gasteiger partial charge on any atom is 2.00 e. The Hall–Kier alpha value is -0.517. The van der Waals surface area contributed by atoms with Gasteiger partial charge in [0.05, 0.1) is 11.9 Å². The standard InChI is InChI=1S/C4H6O6.Zn/c5-1(3(7)8)2(6)4(9)10;/h1-2,5-6H,(H,7,8)(H,9,10);/q;+2/p-2. The van der Waals surface area contributed by atoms with Gasteiger partial charge in [-0.05, 0) is 0 Å². The van der Waals surface area contributed by atoms with Gasteiger partial charge in [-0.15, -0.1) is 0 Å². The van der Waals surface area contributed by atoms with Gasteiger partial charge in [0.25, 0.3) is 0 Å². The fourth-order valence-electron chi connectivity index (χ4n) is 0.258. The number of carbonyl (C=O) groups is 2. The minimum Gasteiger partial charge on any atom is -0.547 e. The van der Waals surface area contributed by atoms with Crippen molar-refractivity contribution < 1.29 is 49.5 Å². The third kappa shape index (κ3) is 4.03. The number of carboxylic acids is 2. The summed E-state index contributed by atoms with van der Waals surface area (Å²) in [5.74, 6) is -4.12. The van der Waals surface area contributed by atoms with E-state index in [4.69, 9.17) is 10.2 Å². The monoisotopic (exact) mass is 212 g/mol. The molecule has 0 aliphatic rings. The third-order valence-electron chi connectivity index (χ3n) is 0.782. The van der Waals surface area contributed by atoms with Gasteiger partial charge in [0, 0.05) is 0 Å². The second-order valence-electron chi connectivity index (χ2n) is 1.53. The second kappa shape index (κ2) is 5.18. The van der Waals surface area contributed by atoms with Gasteiger partial charge >= 0.3 is 19.5 Å². The number of hydrogen-bond acceptors (Lipinski definition) is 6. The van der Waals surface area contributed by atoms with E-state index >= 15 is 0 Å². The molecular formula is C4H4O6Zn. The zero-order valence-corrected chi connectivity index (χ0v) is 8.36. The molecule has 0 aromatic carbocycles. The van der Waals surface area contributed by atoms with E-state index in [0.29, 0.717) is 0 Å². The number of aliphatic carboxylic acids is 2. The van der Waals surface area contributed by atoms with Crippen molar-refractivity contribution in [1.82, 2.24) is 0 Å². The van der Waals surface area contributed by atoms with Gasteiger partial charge in [0.2, 0.25) is 0 Å². The summed E-state index contributed by atoms with van der Waals surface area (Å²) in [6.45, 7) is 0. The molecule has 2 N–H and O–H groups in total. The number of rotatable bonds is 3. The van der Waals surface area contributed by atoms with E-state index < -0.39 is 24.1 Å². The van der Waals surface area contributed by atoms with E-state index in [2.05, 4.69) is 0 Å². The molecule has 0 heterocycles. The molecule has 7 heteroatoms. The van der Waals surface area contributed by atoms with Crippen LogP contribution < -0.4 is 10.2 Å². The van der Waals surface area contributed by atoms with Crippen LogP contribution in [0.5, 0.6) is 0 Å². The molecule has 2 atom stereocenters. The van der Waals surface area contributed by atoms with Crippen molar-refractivity contribution in [3.05, 3.63) is 0 Å². The zero-order valence-electron chi connectivity index (χ0n) is 5.39. The summed E-state index contributed by atoms with van der Waals surface area (Å²) in [5, 5.41) is 35.7. The van der Waals surface area contributed by atoms with Crippen LogP contribution >= 0.6 is 0 Å². The Bertz CT molecular complexity index is 139. The molecule has 0 amide bonds. The largest absolute Gasteiger partial charge is 2.00 e. The molecule has 0 rings (SSSR count). The summed E-state index contributed by atoms with van der Waals surface area (Å²) in [4.78, 5) is 19.3. The van der Waals surface area contributed by atoms with Crippen LogP contribution in [0.1, 0.15) is 0 Å². The summed E-state index contributed by atoms with van der Waals surface area (Å²) in [6, 6.07) is 0. The first kappa shape index (κ1) is 13.1. The molecule has 0 spiro atoms. The number of carbonyl (C=O) groups excluding carboxylic acids is 2. The molecule has 0 saturated heterocycles. The fourth-order valence-corrected chi connectivity index (χ4v) is 0.258. The molecule has 0 radical (unpaired) electrons. The maximum absolute atomic E-state index is 9.63. The predicted octanol–water partition coefficient (Wildman–Crippen LogP) is -4.79. The Kier molecular flexibility index (Phi) is 6.16. The van der Waals surface area contributed by atoms with Crippen LogP contribution in [0.4, 0.5) is 0 Å². The van der Waals surface area contributed by atoms with Crippen molar-refractivity contribution in [1.29, 1.82) is 0 Å². The van der Waals surface area contributed by atoms with Crippen molar-refractivity contribution >= 4 is 11.9 Å². The minimum absolute atomic E-state index is 0. The molecule has 2 unspecified atom stereocenters. The van der Waals surface area contributed by atoms with Crippen molar-refractivity contribution in [2.45, 2.75) is 12.2 Å². The van der Waals surface area contributed by atoms with Gasteiger partial charge in [-0.3, -0.25) is 0 Å². The number of aliphatic hydroxyl groups excluding tert-OH is 2. The molecule has 58 valence electrons. The van der Waals surface area contributed by atoms with Crippen LogP contribution in [-0.4, -0.2) is 34.4 Å². The van der Waals surface area contributed by atoms with Crippen molar-refractivity contribution in [3.63, 3.8) is 0 Å².